The van der Waals surface area contributed by atoms with Crippen LogP contribution in [-0.4, -0.2) is 36.7 Å². The molecule has 21 heavy (non-hydrogen) atoms. The van der Waals surface area contributed by atoms with Gasteiger partial charge in [0.25, 0.3) is 5.91 Å². The van der Waals surface area contributed by atoms with E-state index in [0.717, 1.165) is 7.11 Å². The lowest BCUT2D eigenvalue weighted by atomic mass is 10.1. The third-order valence-corrected chi connectivity index (χ3v) is 2.86. The molecule has 0 radical (unpaired) electrons. The molecule has 7 nitrogen and oxygen atoms in total. The number of carbonyl (C=O) groups is 2. The molecule has 0 saturated carbocycles. The summed E-state index contributed by atoms with van der Waals surface area (Å²) in [6.07, 6.45) is 0. The Morgan fingerprint density at radius 1 is 1.38 bits per heavy atom. The second kappa shape index (κ2) is 6.19. The number of ether oxygens (including phenoxy) is 1. The average Bonchev–Trinajstić information content (AvgIpc) is 2.50. The highest BCUT2D eigenvalue weighted by molar-refractivity contribution is 5.98. The Bertz CT molecular complexity index is 736. The number of esters is 1. The minimum Gasteiger partial charge on any atom is -0.467 e. The van der Waals surface area contributed by atoms with Crippen molar-refractivity contribution in [1.29, 1.82) is 0 Å². The van der Waals surface area contributed by atoms with Crippen molar-refractivity contribution >= 4 is 22.8 Å². The third-order valence-electron chi connectivity index (χ3n) is 2.86. The number of hydrogen-bond donors (Lipinski definition) is 2. The summed E-state index contributed by atoms with van der Waals surface area (Å²) < 4.78 is 9.45. The van der Waals surface area contributed by atoms with Crippen LogP contribution in [0.3, 0.4) is 0 Å². The number of carbonyl (C=O) groups excluding carboxylic acids is 2. The van der Waals surface area contributed by atoms with E-state index >= 15 is 0 Å². The second-order valence-corrected chi connectivity index (χ2v) is 4.22. The summed E-state index contributed by atoms with van der Waals surface area (Å²) in [5.41, 5.74) is -0.727. The summed E-state index contributed by atoms with van der Waals surface area (Å²) in [6.45, 7) is -0.642. The molecule has 1 atom stereocenters. The Morgan fingerprint density at radius 3 is 2.76 bits per heavy atom. The Kier molecular flexibility index (Phi) is 4.34. The molecule has 0 aliphatic heterocycles. The van der Waals surface area contributed by atoms with Crippen molar-refractivity contribution in [1.82, 2.24) is 5.32 Å². The predicted molar refractivity (Wildman–Crippen MR) is 72.8 cm³/mol. The topological polar surface area (TPSA) is 106 Å². The smallest absolute Gasteiger partial charge is 0.349 e. The summed E-state index contributed by atoms with van der Waals surface area (Å²) in [4.78, 5) is 35.1. The van der Waals surface area contributed by atoms with Gasteiger partial charge in [-0.2, -0.15) is 0 Å². The first-order valence-electron chi connectivity index (χ1n) is 6.09. The highest BCUT2D eigenvalue weighted by atomic mass is 16.5. The van der Waals surface area contributed by atoms with E-state index in [9.17, 15) is 14.4 Å². The lowest BCUT2D eigenvalue weighted by Crippen LogP contribution is -2.45. The van der Waals surface area contributed by atoms with Crippen LogP contribution in [-0.2, 0) is 9.53 Å². The number of amides is 1. The number of aliphatic hydroxyl groups is 1. The summed E-state index contributed by atoms with van der Waals surface area (Å²) in [5.74, 6) is -1.63. The fraction of sp³-hybridized carbons (Fsp3) is 0.214. The van der Waals surface area contributed by atoms with Crippen LogP contribution in [0.15, 0.2) is 39.5 Å². The van der Waals surface area contributed by atoms with Gasteiger partial charge >= 0.3 is 11.6 Å². The van der Waals surface area contributed by atoms with E-state index < -0.39 is 30.2 Å². The average molecular weight is 291 g/mol. The maximum Gasteiger partial charge on any atom is 0.349 e. The van der Waals surface area contributed by atoms with Gasteiger partial charge in [-0.15, -0.1) is 0 Å². The van der Waals surface area contributed by atoms with Crippen molar-refractivity contribution in [3.05, 3.63) is 46.3 Å². The summed E-state index contributed by atoms with van der Waals surface area (Å²) in [7, 11) is 1.13. The maximum atomic E-state index is 12.0. The van der Waals surface area contributed by atoms with Crippen molar-refractivity contribution in [3.8, 4) is 0 Å². The SMILES string of the molecule is COC(=O)C(CO)NC(=O)c1cc2ccccc2oc1=O. The first kappa shape index (κ1) is 14.7. The van der Waals surface area contributed by atoms with Crippen molar-refractivity contribution in [2.24, 2.45) is 0 Å². The van der Waals surface area contributed by atoms with Crippen LogP contribution in [0.5, 0.6) is 0 Å². The number of methoxy groups -OCH3 is 1. The Morgan fingerprint density at radius 2 is 2.10 bits per heavy atom. The first-order chi connectivity index (χ1) is 10.1. The van der Waals surface area contributed by atoms with Gasteiger partial charge in [-0.3, -0.25) is 4.79 Å². The van der Waals surface area contributed by atoms with E-state index in [1.165, 1.54) is 6.07 Å². The van der Waals surface area contributed by atoms with Gasteiger partial charge in [0, 0.05) is 5.39 Å². The zero-order valence-electron chi connectivity index (χ0n) is 11.2. The molecule has 2 rings (SSSR count). The van der Waals surface area contributed by atoms with Crippen molar-refractivity contribution in [2.45, 2.75) is 6.04 Å². The normalized spacial score (nSPS) is 11.9. The van der Waals surface area contributed by atoms with E-state index in [1.807, 2.05) is 0 Å². The summed E-state index contributed by atoms with van der Waals surface area (Å²) >= 11 is 0. The molecule has 0 bridgehead atoms. The number of benzene rings is 1. The third kappa shape index (κ3) is 3.09. The van der Waals surface area contributed by atoms with Gasteiger partial charge in [0.2, 0.25) is 0 Å². The molecule has 7 heteroatoms. The molecule has 2 N–H and O–H groups in total. The molecule has 0 fully saturated rings. The number of aliphatic hydroxyl groups excluding tert-OH is 1. The molecule has 1 amide bonds. The van der Waals surface area contributed by atoms with Gasteiger partial charge in [-0.1, -0.05) is 18.2 Å². The minimum absolute atomic E-state index is 0.254. The molecule has 0 aliphatic rings. The largest absolute Gasteiger partial charge is 0.467 e. The zero-order valence-corrected chi connectivity index (χ0v) is 11.2. The van der Waals surface area contributed by atoms with E-state index in [-0.39, 0.29) is 5.56 Å². The Labute approximate surface area is 119 Å². The lowest BCUT2D eigenvalue weighted by molar-refractivity contribution is -0.143. The summed E-state index contributed by atoms with van der Waals surface area (Å²) in [6, 6.07) is 6.83. The molecule has 0 saturated heterocycles. The van der Waals surface area contributed by atoms with E-state index in [1.54, 1.807) is 24.3 Å². The molecule has 2 aromatic rings. The van der Waals surface area contributed by atoms with Gasteiger partial charge < -0.3 is 19.6 Å². The second-order valence-electron chi connectivity index (χ2n) is 4.22. The van der Waals surface area contributed by atoms with E-state index in [4.69, 9.17) is 9.52 Å². The van der Waals surface area contributed by atoms with Crippen LogP contribution in [0.2, 0.25) is 0 Å². The number of hydrogen-bond acceptors (Lipinski definition) is 6. The van der Waals surface area contributed by atoms with E-state index in [2.05, 4.69) is 10.1 Å². The number of fused-ring (bicyclic) bond motifs is 1. The molecular weight excluding hydrogens is 278 g/mol. The quantitative estimate of drug-likeness (QED) is 0.609. The molecular formula is C14H13NO6. The minimum atomic E-state index is -1.24. The molecule has 0 spiro atoms. The van der Waals surface area contributed by atoms with Crippen molar-refractivity contribution < 1.29 is 23.8 Å². The first-order valence-corrected chi connectivity index (χ1v) is 6.09. The maximum absolute atomic E-state index is 12.0. The van der Waals surface area contributed by atoms with Crippen LogP contribution in [0, 0.1) is 0 Å². The van der Waals surface area contributed by atoms with Gasteiger partial charge in [0.15, 0.2) is 6.04 Å². The molecule has 1 heterocycles. The van der Waals surface area contributed by atoms with Gasteiger partial charge in [-0.25, -0.2) is 9.59 Å². The Balaban J connectivity index is 2.33. The van der Waals surface area contributed by atoms with Crippen molar-refractivity contribution in [2.75, 3.05) is 13.7 Å². The van der Waals surface area contributed by atoms with Crippen molar-refractivity contribution in [3.63, 3.8) is 0 Å². The highest BCUT2D eigenvalue weighted by Crippen LogP contribution is 2.12. The molecule has 1 aromatic heterocycles. The van der Waals surface area contributed by atoms with Crippen LogP contribution >= 0.6 is 0 Å². The number of nitrogens with one attached hydrogen (secondary N) is 1. The fourth-order valence-corrected chi connectivity index (χ4v) is 1.78. The predicted octanol–water partition coefficient (Wildman–Crippen LogP) is 0.0567. The fourth-order valence-electron chi connectivity index (χ4n) is 1.78. The van der Waals surface area contributed by atoms with Gasteiger partial charge in [-0.05, 0) is 12.1 Å². The molecule has 0 aliphatic carbocycles. The summed E-state index contributed by atoms with van der Waals surface area (Å²) in [5, 5.41) is 11.8. The van der Waals surface area contributed by atoms with Crippen LogP contribution in [0.1, 0.15) is 10.4 Å². The Hall–Kier alpha value is -2.67. The standard InChI is InChI=1S/C14H13NO6/c1-20-14(19)10(7-16)15-12(17)9-6-8-4-2-3-5-11(8)21-13(9)18/h2-6,10,16H,7H2,1H3,(H,15,17). The monoisotopic (exact) mass is 291 g/mol. The zero-order chi connectivity index (χ0) is 15.4. The van der Waals surface area contributed by atoms with E-state index in [0.29, 0.717) is 11.0 Å². The molecule has 1 unspecified atom stereocenters. The number of para-hydroxylation sites is 1. The van der Waals surface area contributed by atoms with Crippen LogP contribution in [0.25, 0.3) is 11.0 Å². The highest BCUT2D eigenvalue weighted by Gasteiger charge is 2.23. The van der Waals surface area contributed by atoms with Gasteiger partial charge in [0.1, 0.15) is 11.1 Å². The van der Waals surface area contributed by atoms with Gasteiger partial charge in [0.05, 0.1) is 13.7 Å². The van der Waals surface area contributed by atoms with Crippen LogP contribution < -0.4 is 10.9 Å². The lowest BCUT2D eigenvalue weighted by Gasteiger charge is -2.13. The number of rotatable bonds is 4. The molecule has 110 valence electrons. The molecule has 1 aromatic carbocycles. The van der Waals surface area contributed by atoms with Crippen LogP contribution in [0.4, 0.5) is 0 Å².